The zero-order valence-corrected chi connectivity index (χ0v) is 12.4. The summed E-state index contributed by atoms with van der Waals surface area (Å²) in [6, 6.07) is 3.63. The number of amides is 3. The summed E-state index contributed by atoms with van der Waals surface area (Å²) in [6.45, 7) is 2.89. The lowest BCUT2D eigenvalue weighted by molar-refractivity contribution is -0.131. The van der Waals surface area contributed by atoms with Crippen LogP contribution in [0.25, 0.3) is 0 Å². The van der Waals surface area contributed by atoms with Crippen LogP contribution in [0, 0.1) is 18.6 Å². The van der Waals surface area contributed by atoms with Crippen molar-refractivity contribution in [2.24, 2.45) is 0 Å². The van der Waals surface area contributed by atoms with Gasteiger partial charge in [0, 0.05) is 11.6 Å². The van der Waals surface area contributed by atoms with Crippen LogP contribution < -0.4 is 5.32 Å². The number of carbonyl (C=O) groups is 2. The van der Waals surface area contributed by atoms with E-state index in [1.165, 1.54) is 6.92 Å². The Balaban J connectivity index is 1.95. The van der Waals surface area contributed by atoms with Crippen LogP contribution in [-0.2, 0) is 16.9 Å². The fraction of sp³-hybridized carbons (Fsp3) is 0.267. The Labute approximate surface area is 130 Å². The molecule has 8 heteroatoms. The van der Waals surface area contributed by atoms with E-state index in [9.17, 15) is 18.4 Å². The molecule has 0 aliphatic carbocycles. The lowest BCUT2D eigenvalue weighted by Crippen LogP contribution is -2.41. The second-order valence-electron chi connectivity index (χ2n) is 5.51. The first-order valence-electron chi connectivity index (χ1n) is 6.83. The van der Waals surface area contributed by atoms with Gasteiger partial charge >= 0.3 is 6.03 Å². The van der Waals surface area contributed by atoms with E-state index in [4.69, 9.17) is 4.52 Å². The predicted octanol–water partition coefficient (Wildman–Crippen LogP) is 2.23. The summed E-state index contributed by atoms with van der Waals surface area (Å²) in [5.41, 5.74) is -1.31. The van der Waals surface area contributed by atoms with Gasteiger partial charge in [0.25, 0.3) is 5.91 Å². The van der Waals surface area contributed by atoms with E-state index in [1.54, 1.807) is 13.0 Å². The average Bonchev–Trinajstić information content (AvgIpc) is 2.99. The van der Waals surface area contributed by atoms with Gasteiger partial charge in [-0.15, -0.1) is 0 Å². The molecule has 6 nitrogen and oxygen atoms in total. The minimum atomic E-state index is -1.68. The van der Waals surface area contributed by atoms with Gasteiger partial charge in [-0.2, -0.15) is 0 Å². The highest BCUT2D eigenvalue weighted by atomic mass is 19.1. The van der Waals surface area contributed by atoms with Gasteiger partial charge in [-0.3, -0.25) is 9.69 Å². The summed E-state index contributed by atoms with van der Waals surface area (Å²) in [4.78, 5) is 25.6. The number of aryl methyl sites for hydroxylation is 1. The molecule has 1 aromatic carbocycles. The van der Waals surface area contributed by atoms with E-state index in [2.05, 4.69) is 10.5 Å². The van der Waals surface area contributed by atoms with Crippen molar-refractivity contribution in [1.82, 2.24) is 15.4 Å². The third-order valence-corrected chi connectivity index (χ3v) is 3.73. The monoisotopic (exact) mass is 321 g/mol. The number of nitrogens with one attached hydrogen (secondary N) is 1. The number of carbonyl (C=O) groups excluding carboxylic acids is 2. The number of urea groups is 1. The molecule has 3 rings (SSSR count). The molecule has 120 valence electrons. The maximum Gasteiger partial charge on any atom is 0.325 e. The SMILES string of the molecule is Cc1cc(CN2C(=O)N[C@](C)(c3cc(F)ccc3F)C2=O)on1. The van der Waals surface area contributed by atoms with Crippen molar-refractivity contribution in [2.45, 2.75) is 25.9 Å². The first-order valence-corrected chi connectivity index (χ1v) is 6.83. The molecule has 1 aliphatic heterocycles. The van der Waals surface area contributed by atoms with Crippen molar-refractivity contribution in [2.75, 3.05) is 0 Å². The highest BCUT2D eigenvalue weighted by molar-refractivity contribution is 6.07. The molecular formula is C15H13F2N3O3. The van der Waals surface area contributed by atoms with Crippen LogP contribution in [0.4, 0.5) is 13.6 Å². The summed E-state index contributed by atoms with van der Waals surface area (Å²) in [5, 5.41) is 6.08. The second kappa shape index (κ2) is 5.15. The number of imide groups is 1. The normalized spacial score (nSPS) is 21.0. The van der Waals surface area contributed by atoms with Gasteiger partial charge in [0.2, 0.25) is 0 Å². The third kappa shape index (κ3) is 2.45. The minimum Gasteiger partial charge on any atom is -0.359 e. The van der Waals surface area contributed by atoms with Crippen LogP contribution in [0.3, 0.4) is 0 Å². The highest BCUT2D eigenvalue weighted by Gasteiger charge is 2.50. The first-order chi connectivity index (χ1) is 10.8. The van der Waals surface area contributed by atoms with Gasteiger partial charge in [0.05, 0.1) is 12.2 Å². The largest absolute Gasteiger partial charge is 0.359 e. The van der Waals surface area contributed by atoms with Crippen molar-refractivity contribution in [3.05, 3.63) is 52.9 Å². The summed E-state index contributed by atoms with van der Waals surface area (Å²) in [5.74, 6) is -1.86. The van der Waals surface area contributed by atoms with Gasteiger partial charge in [0.15, 0.2) is 5.76 Å². The van der Waals surface area contributed by atoms with Crippen molar-refractivity contribution < 1.29 is 22.9 Å². The van der Waals surface area contributed by atoms with Crippen molar-refractivity contribution in [1.29, 1.82) is 0 Å². The standard InChI is InChI=1S/C15H13F2N3O3/c1-8-5-10(23-19-8)7-20-13(21)15(2,18-14(20)22)11-6-9(16)3-4-12(11)17/h3-6H,7H2,1-2H3,(H,18,22)/t15-/m1/s1. The van der Waals surface area contributed by atoms with Gasteiger partial charge in [0.1, 0.15) is 17.2 Å². The summed E-state index contributed by atoms with van der Waals surface area (Å²) in [6.07, 6.45) is 0. The van der Waals surface area contributed by atoms with E-state index in [-0.39, 0.29) is 12.1 Å². The van der Waals surface area contributed by atoms with E-state index >= 15 is 0 Å². The number of hydrogen-bond donors (Lipinski definition) is 1. The van der Waals surface area contributed by atoms with Gasteiger partial charge in [-0.05, 0) is 32.0 Å². The Hall–Kier alpha value is -2.77. The number of halogens is 2. The molecular weight excluding hydrogens is 308 g/mol. The van der Waals surface area contributed by atoms with E-state index < -0.39 is 29.1 Å². The zero-order valence-electron chi connectivity index (χ0n) is 12.4. The third-order valence-electron chi connectivity index (χ3n) is 3.73. The highest BCUT2D eigenvalue weighted by Crippen LogP contribution is 2.32. The molecule has 0 bridgehead atoms. The summed E-state index contributed by atoms with van der Waals surface area (Å²) >= 11 is 0. The van der Waals surface area contributed by atoms with Crippen molar-refractivity contribution >= 4 is 11.9 Å². The quantitative estimate of drug-likeness (QED) is 0.880. The number of benzene rings is 1. The molecule has 1 N–H and O–H groups in total. The maximum atomic E-state index is 14.0. The number of nitrogens with zero attached hydrogens (tertiary/aromatic N) is 2. The Morgan fingerprint density at radius 3 is 2.70 bits per heavy atom. The molecule has 0 unspecified atom stereocenters. The van der Waals surface area contributed by atoms with E-state index in [0.717, 1.165) is 23.1 Å². The molecule has 1 fully saturated rings. The second-order valence-corrected chi connectivity index (χ2v) is 5.51. The lowest BCUT2D eigenvalue weighted by Gasteiger charge is -2.22. The zero-order chi connectivity index (χ0) is 16.8. The fourth-order valence-corrected chi connectivity index (χ4v) is 2.55. The van der Waals surface area contributed by atoms with Crippen LogP contribution in [0.5, 0.6) is 0 Å². The average molecular weight is 321 g/mol. The van der Waals surface area contributed by atoms with E-state index in [0.29, 0.717) is 11.5 Å². The Morgan fingerprint density at radius 1 is 1.30 bits per heavy atom. The summed E-state index contributed by atoms with van der Waals surface area (Å²) < 4.78 is 32.4. The molecule has 0 spiro atoms. The first kappa shape index (κ1) is 15.1. The van der Waals surface area contributed by atoms with Gasteiger partial charge in [-0.25, -0.2) is 13.6 Å². The Kier molecular flexibility index (Phi) is 3.39. The van der Waals surface area contributed by atoms with Crippen molar-refractivity contribution in [3.8, 4) is 0 Å². The smallest absolute Gasteiger partial charge is 0.325 e. The van der Waals surface area contributed by atoms with Crippen LogP contribution in [0.1, 0.15) is 23.9 Å². The molecule has 1 atom stereocenters. The number of aromatic nitrogens is 1. The topological polar surface area (TPSA) is 75.4 Å². The molecule has 0 radical (unpaired) electrons. The molecule has 1 saturated heterocycles. The molecule has 3 amide bonds. The lowest BCUT2D eigenvalue weighted by atomic mass is 9.91. The maximum absolute atomic E-state index is 14.0. The van der Waals surface area contributed by atoms with Crippen LogP contribution in [-0.4, -0.2) is 22.0 Å². The molecule has 1 aliphatic rings. The van der Waals surface area contributed by atoms with E-state index in [1.807, 2.05) is 0 Å². The van der Waals surface area contributed by atoms with Crippen LogP contribution in [0.2, 0.25) is 0 Å². The van der Waals surface area contributed by atoms with Gasteiger partial charge in [-0.1, -0.05) is 5.16 Å². The fourth-order valence-electron chi connectivity index (χ4n) is 2.55. The molecule has 2 heterocycles. The van der Waals surface area contributed by atoms with Gasteiger partial charge < -0.3 is 9.84 Å². The van der Waals surface area contributed by atoms with Crippen LogP contribution >= 0.6 is 0 Å². The number of rotatable bonds is 3. The predicted molar refractivity (Wildman–Crippen MR) is 74.0 cm³/mol. The molecule has 23 heavy (non-hydrogen) atoms. The van der Waals surface area contributed by atoms with Crippen molar-refractivity contribution in [3.63, 3.8) is 0 Å². The molecule has 0 saturated carbocycles. The molecule has 1 aromatic heterocycles. The molecule has 2 aromatic rings. The van der Waals surface area contributed by atoms with Crippen LogP contribution in [0.15, 0.2) is 28.8 Å². The number of hydrogen-bond acceptors (Lipinski definition) is 4. The minimum absolute atomic E-state index is 0.141. The Bertz CT molecular complexity index is 805. The Morgan fingerprint density at radius 2 is 2.04 bits per heavy atom. The summed E-state index contributed by atoms with van der Waals surface area (Å²) in [7, 11) is 0.